The van der Waals surface area contributed by atoms with E-state index in [4.69, 9.17) is 0 Å². The van der Waals surface area contributed by atoms with E-state index in [1.165, 1.54) is 32.1 Å². The predicted molar refractivity (Wildman–Crippen MR) is 44.3 cm³/mol. The second kappa shape index (κ2) is 2.96. The van der Waals surface area contributed by atoms with Crippen molar-refractivity contribution in [2.24, 2.45) is 11.8 Å². The predicted octanol–water partition coefficient (Wildman–Crippen LogP) is 2.55. The van der Waals surface area contributed by atoms with Gasteiger partial charge in [-0.1, -0.05) is 19.3 Å². The Bertz CT molecular complexity index is 162. The van der Waals surface area contributed by atoms with Gasteiger partial charge in [-0.05, 0) is 24.7 Å². The maximum Gasteiger partial charge on any atom is 0.133 e. The summed E-state index contributed by atoms with van der Waals surface area (Å²) in [7, 11) is 0. The topological polar surface area (TPSA) is 17.1 Å². The van der Waals surface area contributed by atoms with E-state index in [-0.39, 0.29) is 0 Å². The fourth-order valence-corrected chi connectivity index (χ4v) is 2.67. The molecule has 2 aliphatic carbocycles. The molecule has 2 saturated carbocycles. The molecule has 11 heavy (non-hydrogen) atoms. The first kappa shape index (κ1) is 7.33. The van der Waals surface area contributed by atoms with E-state index < -0.39 is 0 Å². The zero-order chi connectivity index (χ0) is 7.68. The Labute approximate surface area is 68.2 Å². The molecule has 0 spiro atoms. The highest BCUT2D eigenvalue weighted by molar-refractivity contribution is 5.79. The van der Waals surface area contributed by atoms with Crippen LogP contribution in [0.2, 0.25) is 0 Å². The molecule has 2 atom stereocenters. The first-order valence-electron chi connectivity index (χ1n) is 4.88. The second-order valence-electron chi connectivity index (χ2n) is 4.09. The van der Waals surface area contributed by atoms with Crippen molar-refractivity contribution < 1.29 is 4.79 Å². The van der Waals surface area contributed by atoms with Gasteiger partial charge in [0.2, 0.25) is 0 Å². The largest absolute Gasteiger partial charge is 0.300 e. The maximum atomic E-state index is 11.1. The van der Waals surface area contributed by atoms with Crippen molar-refractivity contribution in [3.8, 4) is 0 Å². The molecule has 0 heterocycles. The van der Waals surface area contributed by atoms with Gasteiger partial charge in [-0.3, -0.25) is 4.79 Å². The third kappa shape index (κ3) is 1.47. The third-order valence-corrected chi connectivity index (χ3v) is 3.35. The summed E-state index contributed by atoms with van der Waals surface area (Å²) in [6.45, 7) is 0. The summed E-state index contributed by atoms with van der Waals surface area (Å²) in [6, 6.07) is 0. The number of rotatable bonds is 0. The monoisotopic (exact) mass is 152 g/mol. The summed E-state index contributed by atoms with van der Waals surface area (Å²) in [5.74, 6) is 2.22. The molecule has 0 radical (unpaired) electrons. The normalized spacial score (nSPS) is 38.4. The van der Waals surface area contributed by atoms with Crippen molar-refractivity contribution in [1.29, 1.82) is 0 Å². The van der Waals surface area contributed by atoms with Crippen LogP contribution in [0.4, 0.5) is 0 Å². The van der Waals surface area contributed by atoms with Crippen LogP contribution in [-0.2, 0) is 4.79 Å². The maximum absolute atomic E-state index is 11.1. The number of Topliss-reactive ketones (excluding diaryl/α,β-unsaturated/α-hetero) is 1. The van der Waals surface area contributed by atoms with Crippen LogP contribution in [0.3, 0.4) is 0 Å². The van der Waals surface area contributed by atoms with Gasteiger partial charge in [-0.15, -0.1) is 0 Å². The lowest BCUT2D eigenvalue weighted by atomic mass is 9.71. The van der Waals surface area contributed by atoms with Crippen molar-refractivity contribution in [2.45, 2.75) is 44.9 Å². The molecule has 0 aromatic rings. The molecule has 0 aromatic carbocycles. The summed E-state index contributed by atoms with van der Waals surface area (Å²) in [5.41, 5.74) is 0. The van der Waals surface area contributed by atoms with Crippen LogP contribution in [0.5, 0.6) is 0 Å². The Morgan fingerprint density at radius 1 is 1.00 bits per heavy atom. The fraction of sp³-hybridized carbons (Fsp3) is 0.900. The van der Waals surface area contributed by atoms with E-state index in [1.807, 2.05) is 0 Å². The first-order valence-corrected chi connectivity index (χ1v) is 4.88. The summed E-state index contributed by atoms with van der Waals surface area (Å²) < 4.78 is 0. The number of ketones is 1. The van der Waals surface area contributed by atoms with Crippen LogP contribution < -0.4 is 0 Å². The molecule has 0 aromatic heterocycles. The molecule has 0 amide bonds. The van der Waals surface area contributed by atoms with Gasteiger partial charge in [0, 0.05) is 12.8 Å². The van der Waals surface area contributed by atoms with E-state index in [0.29, 0.717) is 5.78 Å². The molecule has 1 nitrogen and oxygen atoms in total. The summed E-state index contributed by atoms with van der Waals surface area (Å²) in [5, 5.41) is 0. The minimum atomic E-state index is 0.521. The van der Waals surface area contributed by atoms with Gasteiger partial charge in [0.15, 0.2) is 0 Å². The van der Waals surface area contributed by atoms with Crippen LogP contribution in [0.1, 0.15) is 44.9 Å². The van der Waals surface area contributed by atoms with E-state index in [1.54, 1.807) is 0 Å². The van der Waals surface area contributed by atoms with E-state index in [9.17, 15) is 4.79 Å². The highest BCUT2D eigenvalue weighted by Crippen LogP contribution is 2.38. The molecule has 2 fully saturated rings. The molecule has 2 rings (SSSR count). The molecule has 0 bridgehead atoms. The van der Waals surface area contributed by atoms with Gasteiger partial charge >= 0.3 is 0 Å². The van der Waals surface area contributed by atoms with Crippen molar-refractivity contribution in [3.05, 3.63) is 0 Å². The highest BCUT2D eigenvalue weighted by Gasteiger charge is 2.30. The molecule has 2 aliphatic rings. The van der Waals surface area contributed by atoms with Crippen LogP contribution in [0.15, 0.2) is 0 Å². The number of carbonyl (C=O) groups is 1. The fourth-order valence-electron chi connectivity index (χ4n) is 2.67. The van der Waals surface area contributed by atoms with Crippen LogP contribution in [-0.4, -0.2) is 5.78 Å². The van der Waals surface area contributed by atoms with Gasteiger partial charge < -0.3 is 0 Å². The number of hydrogen-bond acceptors (Lipinski definition) is 1. The standard InChI is InChI=1S/C10H16O/c11-10-6-5-8-3-1-2-4-9(8)7-10/h8-9H,1-7H2. The summed E-state index contributed by atoms with van der Waals surface area (Å²) in [6.07, 6.45) is 8.49. The molecule has 0 saturated heterocycles. The zero-order valence-corrected chi connectivity index (χ0v) is 7.01. The third-order valence-electron chi connectivity index (χ3n) is 3.35. The minimum absolute atomic E-state index is 0.521. The zero-order valence-electron chi connectivity index (χ0n) is 7.01. The highest BCUT2D eigenvalue weighted by atomic mass is 16.1. The van der Waals surface area contributed by atoms with Crippen molar-refractivity contribution in [1.82, 2.24) is 0 Å². The number of carbonyl (C=O) groups excluding carboxylic acids is 1. The van der Waals surface area contributed by atoms with Crippen LogP contribution >= 0.6 is 0 Å². The molecule has 0 N–H and O–H groups in total. The number of hydrogen-bond donors (Lipinski definition) is 0. The Balaban J connectivity index is 1.98. The molecule has 62 valence electrons. The number of fused-ring (bicyclic) bond motifs is 1. The average Bonchev–Trinajstić information content (AvgIpc) is 2.04. The first-order chi connectivity index (χ1) is 5.36. The lowest BCUT2D eigenvalue weighted by Crippen LogP contribution is -2.27. The minimum Gasteiger partial charge on any atom is -0.300 e. The lowest BCUT2D eigenvalue weighted by Gasteiger charge is -2.34. The van der Waals surface area contributed by atoms with E-state index in [2.05, 4.69) is 0 Å². The van der Waals surface area contributed by atoms with Crippen LogP contribution in [0, 0.1) is 11.8 Å². The van der Waals surface area contributed by atoms with Gasteiger partial charge in [0.25, 0.3) is 0 Å². The van der Waals surface area contributed by atoms with Crippen molar-refractivity contribution in [2.75, 3.05) is 0 Å². The van der Waals surface area contributed by atoms with E-state index >= 15 is 0 Å². The molecule has 2 unspecified atom stereocenters. The molecular formula is C10H16O. The molecule has 1 heteroatoms. The SMILES string of the molecule is O=C1CCC2CCCCC2C1. The van der Waals surface area contributed by atoms with Gasteiger partial charge in [0.1, 0.15) is 5.78 Å². The second-order valence-corrected chi connectivity index (χ2v) is 4.09. The van der Waals surface area contributed by atoms with Crippen molar-refractivity contribution >= 4 is 5.78 Å². The van der Waals surface area contributed by atoms with Gasteiger partial charge in [0.05, 0.1) is 0 Å². The Morgan fingerprint density at radius 3 is 2.55 bits per heavy atom. The lowest BCUT2D eigenvalue weighted by molar-refractivity contribution is -0.123. The Hall–Kier alpha value is -0.330. The molecule has 0 aliphatic heterocycles. The van der Waals surface area contributed by atoms with Crippen molar-refractivity contribution in [3.63, 3.8) is 0 Å². The van der Waals surface area contributed by atoms with Crippen LogP contribution in [0.25, 0.3) is 0 Å². The average molecular weight is 152 g/mol. The Morgan fingerprint density at radius 2 is 1.73 bits per heavy atom. The smallest absolute Gasteiger partial charge is 0.133 e. The quantitative estimate of drug-likeness (QED) is 0.521. The molecular weight excluding hydrogens is 136 g/mol. The Kier molecular flexibility index (Phi) is 1.97. The van der Waals surface area contributed by atoms with Gasteiger partial charge in [-0.2, -0.15) is 0 Å². The summed E-state index contributed by atoms with van der Waals surface area (Å²) >= 11 is 0. The van der Waals surface area contributed by atoms with E-state index in [0.717, 1.165) is 24.7 Å². The van der Waals surface area contributed by atoms with Gasteiger partial charge in [-0.25, -0.2) is 0 Å². The summed E-state index contributed by atoms with van der Waals surface area (Å²) in [4.78, 5) is 11.1.